The van der Waals surface area contributed by atoms with Gasteiger partial charge in [-0.1, -0.05) is 78.9 Å². The predicted molar refractivity (Wildman–Crippen MR) is 167 cm³/mol. The fourth-order valence-electron chi connectivity index (χ4n) is 5.17. The average Bonchev–Trinajstić information content (AvgIpc) is 3.05. The monoisotopic (exact) mass is 570 g/mol. The first kappa shape index (κ1) is 27.6. The second-order valence-electron chi connectivity index (χ2n) is 10.2. The highest BCUT2D eigenvalue weighted by atomic mass is 16.5. The first-order valence-corrected chi connectivity index (χ1v) is 14.1. The van der Waals surface area contributed by atoms with Crippen LogP contribution in [0.2, 0.25) is 0 Å². The van der Waals surface area contributed by atoms with Crippen molar-refractivity contribution in [3.8, 4) is 17.2 Å². The summed E-state index contributed by atoms with van der Waals surface area (Å²) >= 11 is 0. The molecule has 1 aliphatic heterocycles. The Bertz CT molecular complexity index is 1690. The number of carboxylic acid groups (broad SMARTS) is 1. The molecule has 1 unspecified atom stereocenters. The number of carboxylic acids is 1. The maximum atomic E-state index is 13.1. The number of hydrogen-bond donors (Lipinski definition) is 2. The largest absolute Gasteiger partial charge is 0.492 e. The summed E-state index contributed by atoms with van der Waals surface area (Å²) in [6, 6.07) is 38.3. The first-order valence-electron chi connectivity index (χ1n) is 14.1. The third-order valence-corrected chi connectivity index (χ3v) is 7.31. The summed E-state index contributed by atoms with van der Waals surface area (Å²) < 4.78 is 12.1. The smallest absolute Gasteiger partial charge is 0.326 e. The van der Waals surface area contributed by atoms with Crippen molar-refractivity contribution in [2.75, 3.05) is 23.4 Å². The maximum absolute atomic E-state index is 13.1. The average molecular weight is 571 g/mol. The number of hydrogen-bond acceptors (Lipinski definition) is 6. The van der Waals surface area contributed by atoms with Crippen molar-refractivity contribution in [3.63, 3.8) is 0 Å². The van der Waals surface area contributed by atoms with Gasteiger partial charge in [-0.2, -0.15) is 0 Å². The molecular weight excluding hydrogens is 540 g/mol. The zero-order chi connectivity index (χ0) is 29.6. The summed E-state index contributed by atoms with van der Waals surface area (Å²) in [5, 5.41) is 13.1. The van der Waals surface area contributed by atoms with Crippen molar-refractivity contribution in [3.05, 3.63) is 144 Å². The third kappa shape index (κ3) is 6.21. The van der Waals surface area contributed by atoms with E-state index in [1.807, 2.05) is 78.9 Å². The molecule has 1 heterocycles. The van der Waals surface area contributed by atoms with E-state index in [1.54, 1.807) is 48.5 Å². The minimum absolute atomic E-state index is 0.168. The fourth-order valence-corrected chi connectivity index (χ4v) is 5.17. The molecule has 0 saturated carbocycles. The number of carbonyl (C=O) groups is 2. The molecule has 43 heavy (non-hydrogen) atoms. The van der Waals surface area contributed by atoms with E-state index in [0.717, 1.165) is 28.4 Å². The van der Waals surface area contributed by atoms with Crippen LogP contribution in [0, 0.1) is 0 Å². The summed E-state index contributed by atoms with van der Waals surface area (Å²) in [5.74, 6) is 1.13. The molecule has 0 saturated heterocycles. The van der Waals surface area contributed by atoms with E-state index in [1.165, 1.54) is 0 Å². The predicted octanol–water partition coefficient (Wildman–Crippen LogP) is 7.35. The van der Waals surface area contributed by atoms with Crippen LogP contribution in [0.4, 0.5) is 17.1 Å². The van der Waals surface area contributed by atoms with Crippen LogP contribution in [-0.2, 0) is 11.2 Å². The van der Waals surface area contributed by atoms with Gasteiger partial charge in [-0.05, 0) is 54.1 Å². The molecule has 7 heteroatoms. The molecule has 0 aliphatic carbocycles. The number of nitrogens with one attached hydrogen (secondary N) is 1. The van der Waals surface area contributed by atoms with Gasteiger partial charge >= 0.3 is 5.97 Å². The lowest BCUT2D eigenvalue weighted by Crippen LogP contribution is -2.32. The van der Waals surface area contributed by atoms with E-state index < -0.39 is 12.0 Å². The number of nitrogens with zero attached hydrogens (tertiary/aromatic N) is 1. The van der Waals surface area contributed by atoms with E-state index >= 15 is 0 Å². The van der Waals surface area contributed by atoms with E-state index in [0.29, 0.717) is 35.7 Å². The molecule has 5 aromatic rings. The molecule has 2 N–H and O–H groups in total. The summed E-state index contributed by atoms with van der Waals surface area (Å²) in [6.07, 6.45) is 0.227. The van der Waals surface area contributed by atoms with Crippen LogP contribution in [0.3, 0.4) is 0 Å². The number of ketones is 1. The normalized spacial score (nSPS) is 12.3. The lowest BCUT2D eigenvalue weighted by Gasteiger charge is -2.32. The second kappa shape index (κ2) is 12.5. The zero-order valence-corrected chi connectivity index (χ0v) is 23.4. The van der Waals surface area contributed by atoms with Crippen LogP contribution >= 0.6 is 0 Å². The zero-order valence-electron chi connectivity index (χ0n) is 23.4. The van der Waals surface area contributed by atoms with Gasteiger partial charge in [0.15, 0.2) is 17.3 Å². The molecule has 0 bridgehead atoms. The van der Waals surface area contributed by atoms with Crippen molar-refractivity contribution in [1.29, 1.82) is 0 Å². The van der Waals surface area contributed by atoms with Gasteiger partial charge in [-0.15, -0.1) is 0 Å². The molecule has 1 aliphatic rings. The Morgan fingerprint density at radius 3 is 2.02 bits per heavy atom. The second-order valence-corrected chi connectivity index (χ2v) is 10.2. The number of aliphatic carboxylic acids is 1. The highest BCUT2D eigenvalue weighted by molar-refractivity contribution is 6.12. The van der Waals surface area contributed by atoms with Gasteiger partial charge in [-0.3, -0.25) is 4.79 Å². The summed E-state index contributed by atoms with van der Waals surface area (Å²) in [7, 11) is 0. The van der Waals surface area contributed by atoms with Crippen molar-refractivity contribution in [2.24, 2.45) is 0 Å². The highest BCUT2D eigenvalue weighted by Gasteiger charge is 2.24. The van der Waals surface area contributed by atoms with Gasteiger partial charge in [0.25, 0.3) is 0 Å². The van der Waals surface area contributed by atoms with Crippen LogP contribution < -0.4 is 19.7 Å². The Labute approximate surface area is 249 Å². The first-order chi connectivity index (χ1) is 21.1. The molecule has 6 rings (SSSR count). The quantitative estimate of drug-likeness (QED) is 0.161. The Kier molecular flexibility index (Phi) is 8.04. The molecule has 0 aromatic heterocycles. The van der Waals surface area contributed by atoms with E-state index in [2.05, 4.69) is 10.2 Å². The van der Waals surface area contributed by atoms with Crippen LogP contribution in [0.15, 0.2) is 127 Å². The lowest BCUT2D eigenvalue weighted by molar-refractivity contribution is -0.137. The van der Waals surface area contributed by atoms with Gasteiger partial charge in [-0.25, -0.2) is 4.79 Å². The van der Waals surface area contributed by atoms with Gasteiger partial charge in [0, 0.05) is 23.2 Å². The SMILES string of the molecule is O=C(c1ccccc1)c1ccccc1NC(Cc1ccc(OCCN2c3ccccc3Oc3ccccc32)cc1)C(=O)O. The Morgan fingerprint density at radius 2 is 1.35 bits per heavy atom. The minimum atomic E-state index is -1.01. The number of ether oxygens (including phenoxy) is 2. The van der Waals surface area contributed by atoms with Crippen LogP contribution in [0.1, 0.15) is 21.5 Å². The topological polar surface area (TPSA) is 88.1 Å². The molecule has 0 radical (unpaired) electrons. The van der Waals surface area contributed by atoms with Gasteiger partial charge in [0.2, 0.25) is 0 Å². The number of para-hydroxylation sites is 5. The molecule has 0 spiro atoms. The Balaban J connectivity index is 1.10. The number of benzene rings is 5. The van der Waals surface area contributed by atoms with Crippen LogP contribution in [-0.4, -0.2) is 36.1 Å². The van der Waals surface area contributed by atoms with Gasteiger partial charge < -0.3 is 24.8 Å². The number of carbonyl (C=O) groups excluding carboxylic acids is 1. The van der Waals surface area contributed by atoms with E-state index in [9.17, 15) is 14.7 Å². The standard InChI is InChI=1S/C36H30N2O5/c39-35(26-10-2-1-3-11-26)28-12-4-5-13-29(28)37-30(36(40)41)24-25-18-20-27(21-19-25)42-23-22-38-31-14-6-8-16-33(31)43-34-17-9-7-15-32(34)38/h1-21,30,37H,22-24H2,(H,40,41). The van der Waals surface area contributed by atoms with E-state index in [4.69, 9.17) is 9.47 Å². The Morgan fingerprint density at radius 1 is 0.744 bits per heavy atom. The number of fused-ring (bicyclic) bond motifs is 2. The van der Waals surface area contributed by atoms with Gasteiger partial charge in [0.1, 0.15) is 18.4 Å². The van der Waals surface area contributed by atoms with Gasteiger partial charge in [0.05, 0.1) is 17.9 Å². The van der Waals surface area contributed by atoms with Crippen molar-refractivity contribution >= 4 is 28.8 Å². The summed E-state index contributed by atoms with van der Waals surface area (Å²) in [6.45, 7) is 1.05. The molecule has 0 fully saturated rings. The summed E-state index contributed by atoms with van der Waals surface area (Å²) in [4.78, 5) is 27.5. The Hall–Kier alpha value is -5.56. The van der Waals surface area contributed by atoms with Crippen molar-refractivity contribution in [2.45, 2.75) is 12.5 Å². The van der Waals surface area contributed by atoms with E-state index in [-0.39, 0.29) is 12.2 Å². The summed E-state index contributed by atoms with van der Waals surface area (Å²) in [5.41, 5.74) is 4.25. The highest BCUT2D eigenvalue weighted by Crippen LogP contribution is 2.45. The van der Waals surface area contributed by atoms with Crippen LogP contribution in [0.5, 0.6) is 17.2 Å². The molecule has 5 aromatic carbocycles. The maximum Gasteiger partial charge on any atom is 0.326 e. The number of anilines is 3. The minimum Gasteiger partial charge on any atom is -0.492 e. The van der Waals surface area contributed by atoms with Crippen LogP contribution in [0.25, 0.3) is 0 Å². The van der Waals surface area contributed by atoms with Crippen molar-refractivity contribution in [1.82, 2.24) is 0 Å². The van der Waals surface area contributed by atoms with Crippen molar-refractivity contribution < 1.29 is 24.2 Å². The number of rotatable bonds is 11. The fraction of sp³-hybridized carbons (Fsp3) is 0.111. The lowest BCUT2D eigenvalue weighted by atomic mass is 10.00. The molecule has 1 atom stereocenters. The molecule has 7 nitrogen and oxygen atoms in total. The third-order valence-electron chi connectivity index (χ3n) is 7.31. The molecule has 214 valence electrons. The molecular formula is C36H30N2O5. The molecule has 0 amide bonds.